The zero-order valence-electron chi connectivity index (χ0n) is 13.7. The van der Waals surface area contributed by atoms with Crippen molar-refractivity contribution in [1.82, 2.24) is 0 Å². The smallest absolute Gasteiger partial charge is 0.331 e. The van der Waals surface area contributed by atoms with E-state index in [1.165, 1.54) is 6.08 Å². The normalized spacial score (nSPS) is 12.7. The summed E-state index contributed by atoms with van der Waals surface area (Å²) in [7, 11) is 0. The topological polar surface area (TPSA) is 73.9 Å². The van der Waals surface area contributed by atoms with Gasteiger partial charge in [0.15, 0.2) is 18.1 Å². The summed E-state index contributed by atoms with van der Waals surface area (Å²) in [6.45, 7) is 0.545. The van der Waals surface area contributed by atoms with Crippen molar-refractivity contribution in [2.45, 2.75) is 0 Å². The zero-order chi connectivity index (χ0) is 18.4. The van der Waals surface area contributed by atoms with E-state index in [4.69, 9.17) is 14.2 Å². The molecule has 0 aliphatic carbocycles. The van der Waals surface area contributed by atoms with Crippen LogP contribution in [0.4, 0.5) is 5.69 Å². The van der Waals surface area contributed by atoms with Gasteiger partial charge in [0, 0.05) is 22.7 Å². The van der Waals surface area contributed by atoms with Crippen LogP contribution in [0.1, 0.15) is 5.56 Å². The summed E-state index contributed by atoms with van der Waals surface area (Å²) in [5.41, 5.74) is 1.38. The standard InChI is InChI=1S/C19H16BrNO5/c20-14-10-16-17(25-9-8-24-16)11-15(14)21-18(22)12-26-19(23)7-6-13-4-2-1-3-5-13/h1-7,10-11H,8-9,12H2,(H,21,22)/b7-6+. The van der Waals surface area contributed by atoms with Gasteiger partial charge in [-0.1, -0.05) is 30.3 Å². The van der Waals surface area contributed by atoms with Crippen LogP contribution in [0.25, 0.3) is 6.08 Å². The van der Waals surface area contributed by atoms with Crippen LogP contribution in [0.2, 0.25) is 0 Å². The van der Waals surface area contributed by atoms with Gasteiger partial charge in [0.2, 0.25) is 0 Å². The molecular formula is C19H16BrNO5. The average Bonchev–Trinajstić information content (AvgIpc) is 2.66. The average molecular weight is 418 g/mol. The summed E-state index contributed by atoms with van der Waals surface area (Å²) < 4.78 is 16.5. The van der Waals surface area contributed by atoms with Crippen LogP contribution < -0.4 is 14.8 Å². The molecule has 1 amide bonds. The molecule has 0 bridgehead atoms. The van der Waals surface area contributed by atoms with E-state index in [9.17, 15) is 9.59 Å². The molecular weight excluding hydrogens is 402 g/mol. The van der Waals surface area contributed by atoms with E-state index in [2.05, 4.69) is 21.2 Å². The van der Waals surface area contributed by atoms with E-state index in [0.717, 1.165) is 5.56 Å². The van der Waals surface area contributed by atoms with Crippen molar-refractivity contribution in [3.63, 3.8) is 0 Å². The Balaban J connectivity index is 1.53. The van der Waals surface area contributed by atoms with Gasteiger partial charge in [0.05, 0.1) is 5.69 Å². The molecule has 0 unspecified atom stereocenters. The lowest BCUT2D eigenvalue weighted by Crippen LogP contribution is -2.21. The van der Waals surface area contributed by atoms with E-state index in [0.29, 0.717) is 34.9 Å². The molecule has 2 aromatic rings. The zero-order valence-corrected chi connectivity index (χ0v) is 15.3. The maximum Gasteiger partial charge on any atom is 0.331 e. The van der Waals surface area contributed by atoms with Gasteiger partial charge in [-0.05, 0) is 27.6 Å². The quantitative estimate of drug-likeness (QED) is 0.595. The summed E-state index contributed by atoms with van der Waals surface area (Å²) >= 11 is 3.37. The van der Waals surface area contributed by atoms with Crippen molar-refractivity contribution >= 4 is 39.6 Å². The third-order valence-corrected chi connectivity index (χ3v) is 4.12. The summed E-state index contributed by atoms with van der Waals surface area (Å²) in [5, 5.41) is 2.67. The molecule has 0 atom stereocenters. The van der Waals surface area contributed by atoms with E-state index >= 15 is 0 Å². The van der Waals surface area contributed by atoms with Crippen LogP contribution in [0.5, 0.6) is 11.5 Å². The van der Waals surface area contributed by atoms with Gasteiger partial charge in [0.25, 0.3) is 5.91 Å². The monoisotopic (exact) mass is 417 g/mol. The molecule has 2 aromatic carbocycles. The number of carbonyl (C=O) groups is 2. The summed E-state index contributed by atoms with van der Waals surface area (Å²) in [4.78, 5) is 23.7. The second-order valence-corrected chi connectivity index (χ2v) is 6.23. The Morgan fingerprint density at radius 1 is 1.12 bits per heavy atom. The van der Waals surface area contributed by atoms with E-state index in [1.54, 1.807) is 18.2 Å². The van der Waals surface area contributed by atoms with Gasteiger partial charge in [-0.15, -0.1) is 0 Å². The minimum absolute atomic E-state index is 0.390. The van der Waals surface area contributed by atoms with Gasteiger partial charge in [-0.3, -0.25) is 4.79 Å². The molecule has 6 nitrogen and oxygen atoms in total. The van der Waals surface area contributed by atoms with Crippen LogP contribution in [-0.4, -0.2) is 31.7 Å². The highest BCUT2D eigenvalue weighted by Gasteiger charge is 2.16. The largest absolute Gasteiger partial charge is 0.486 e. The number of anilines is 1. The first-order valence-electron chi connectivity index (χ1n) is 7.91. The fourth-order valence-corrected chi connectivity index (χ4v) is 2.68. The summed E-state index contributed by atoms with van der Waals surface area (Å²) in [5.74, 6) is 0.116. The maximum atomic E-state index is 12.0. The van der Waals surface area contributed by atoms with Crippen LogP contribution >= 0.6 is 15.9 Å². The van der Waals surface area contributed by atoms with E-state index in [-0.39, 0.29) is 0 Å². The number of halogens is 1. The summed E-state index contributed by atoms with van der Waals surface area (Å²) in [6.07, 6.45) is 2.90. The highest BCUT2D eigenvalue weighted by Crippen LogP contribution is 2.38. The van der Waals surface area contributed by atoms with Gasteiger partial charge < -0.3 is 19.5 Å². The first kappa shape index (κ1) is 18.0. The number of carbonyl (C=O) groups excluding carboxylic acids is 2. The number of fused-ring (bicyclic) bond motifs is 1. The highest BCUT2D eigenvalue weighted by atomic mass is 79.9. The van der Waals surface area contributed by atoms with Crippen molar-refractivity contribution in [2.24, 2.45) is 0 Å². The molecule has 3 rings (SSSR count). The predicted octanol–water partition coefficient (Wildman–Crippen LogP) is 3.42. The Labute approximate surface area is 158 Å². The number of benzene rings is 2. The molecule has 1 N–H and O–H groups in total. The molecule has 0 fully saturated rings. The maximum absolute atomic E-state index is 12.0. The number of esters is 1. The molecule has 0 saturated carbocycles. The fourth-order valence-electron chi connectivity index (χ4n) is 2.26. The van der Waals surface area contributed by atoms with E-state index < -0.39 is 18.5 Å². The van der Waals surface area contributed by atoms with Gasteiger partial charge in [-0.25, -0.2) is 4.79 Å². The first-order valence-corrected chi connectivity index (χ1v) is 8.70. The van der Waals surface area contributed by atoms with Crippen molar-refractivity contribution in [3.8, 4) is 11.5 Å². The third kappa shape index (κ3) is 4.86. The van der Waals surface area contributed by atoms with Crippen molar-refractivity contribution < 1.29 is 23.8 Å². The Morgan fingerprint density at radius 3 is 2.54 bits per heavy atom. The molecule has 0 spiro atoms. The second kappa shape index (κ2) is 8.53. The van der Waals surface area contributed by atoms with Gasteiger partial charge in [-0.2, -0.15) is 0 Å². The van der Waals surface area contributed by atoms with E-state index in [1.807, 2.05) is 30.3 Å². The lowest BCUT2D eigenvalue weighted by atomic mass is 10.2. The fraction of sp³-hybridized carbons (Fsp3) is 0.158. The van der Waals surface area contributed by atoms with Gasteiger partial charge in [0.1, 0.15) is 13.2 Å². The number of rotatable bonds is 5. The van der Waals surface area contributed by atoms with Crippen molar-refractivity contribution in [1.29, 1.82) is 0 Å². The molecule has 1 aliphatic rings. The van der Waals surface area contributed by atoms with Crippen LogP contribution in [0.15, 0.2) is 53.0 Å². The van der Waals surface area contributed by atoms with Crippen molar-refractivity contribution in [2.75, 3.05) is 25.1 Å². The molecule has 0 saturated heterocycles. The van der Waals surface area contributed by atoms with Crippen molar-refractivity contribution in [3.05, 3.63) is 58.6 Å². The first-order chi connectivity index (χ1) is 12.6. The Hall–Kier alpha value is -2.80. The Bertz CT molecular complexity index is 835. The Kier molecular flexibility index (Phi) is 5.91. The van der Waals surface area contributed by atoms with Crippen LogP contribution in [-0.2, 0) is 14.3 Å². The van der Waals surface area contributed by atoms with Crippen LogP contribution in [0, 0.1) is 0 Å². The summed E-state index contributed by atoms with van der Waals surface area (Å²) in [6, 6.07) is 12.7. The SMILES string of the molecule is O=C(COC(=O)/C=C/c1ccccc1)Nc1cc2c(cc1Br)OCCO2. The number of hydrogen-bond acceptors (Lipinski definition) is 5. The predicted molar refractivity (Wildman–Crippen MR) is 100 cm³/mol. The number of nitrogens with one attached hydrogen (secondary N) is 1. The number of ether oxygens (including phenoxy) is 3. The van der Waals surface area contributed by atoms with Gasteiger partial charge >= 0.3 is 5.97 Å². The highest BCUT2D eigenvalue weighted by molar-refractivity contribution is 9.10. The van der Waals surface area contributed by atoms with Crippen LogP contribution in [0.3, 0.4) is 0 Å². The molecule has 7 heteroatoms. The minimum atomic E-state index is -0.592. The third-order valence-electron chi connectivity index (χ3n) is 3.46. The number of amides is 1. The lowest BCUT2D eigenvalue weighted by Gasteiger charge is -2.20. The molecule has 1 heterocycles. The molecule has 26 heavy (non-hydrogen) atoms. The number of hydrogen-bond donors (Lipinski definition) is 1. The molecule has 0 radical (unpaired) electrons. The second-order valence-electron chi connectivity index (χ2n) is 5.38. The minimum Gasteiger partial charge on any atom is -0.486 e. The Morgan fingerprint density at radius 2 is 1.81 bits per heavy atom. The lowest BCUT2D eigenvalue weighted by molar-refractivity contribution is -0.142. The molecule has 1 aliphatic heterocycles. The molecule has 134 valence electrons. The molecule has 0 aromatic heterocycles.